The van der Waals surface area contributed by atoms with Crippen LogP contribution in [0, 0.1) is 0 Å². The summed E-state index contributed by atoms with van der Waals surface area (Å²) in [6.45, 7) is 2.51. The lowest BCUT2D eigenvalue weighted by molar-refractivity contribution is 0.135. The molecule has 1 aromatic heterocycles. The molecular formula is C12H20N4O2. The van der Waals surface area contributed by atoms with Crippen LogP contribution in [-0.2, 0) is 6.54 Å². The predicted octanol–water partition coefficient (Wildman–Crippen LogP) is 0.958. The molecule has 0 spiro atoms. The minimum Gasteiger partial charge on any atom is -0.364 e. The Kier molecular flexibility index (Phi) is 4.58. The number of nitrogens with zero attached hydrogens (tertiary/aromatic N) is 2. The second-order valence-corrected chi connectivity index (χ2v) is 4.57. The largest absolute Gasteiger partial charge is 0.364 e. The molecule has 0 bridgehead atoms. The van der Waals surface area contributed by atoms with Crippen LogP contribution in [0.5, 0.6) is 0 Å². The average Bonchev–Trinajstić information content (AvgIpc) is 2.90. The lowest BCUT2D eigenvalue weighted by Gasteiger charge is -2.35. The van der Waals surface area contributed by atoms with Crippen molar-refractivity contribution < 1.29 is 9.32 Å². The van der Waals surface area contributed by atoms with Crippen molar-refractivity contribution in [2.24, 2.45) is 0 Å². The third-order valence-corrected chi connectivity index (χ3v) is 3.33. The van der Waals surface area contributed by atoms with Crippen LogP contribution in [0.15, 0.2) is 16.9 Å². The summed E-state index contributed by atoms with van der Waals surface area (Å²) in [7, 11) is 1.63. The van der Waals surface area contributed by atoms with Gasteiger partial charge in [0.25, 0.3) is 0 Å². The summed E-state index contributed by atoms with van der Waals surface area (Å²) in [6.07, 6.45) is 5.13. The molecule has 0 radical (unpaired) electrons. The van der Waals surface area contributed by atoms with E-state index in [-0.39, 0.29) is 6.03 Å². The average molecular weight is 252 g/mol. The van der Waals surface area contributed by atoms with Crippen LogP contribution >= 0.6 is 0 Å². The topological polar surface area (TPSA) is 70.4 Å². The molecule has 1 saturated heterocycles. The van der Waals surface area contributed by atoms with Crippen LogP contribution in [0.2, 0.25) is 0 Å². The van der Waals surface area contributed by atoms with Gasteiger partial charge in [-0.1, -0.05) is 11.6 Å². The van der Waals surface area contributed by atoms with Crippen molar-refractivity contribution in [2.75, 3.05) is 20.1 Å². The van der Waals surface area contributed by atoms with Crippen LogP contribution in [-0.4, -0.2) is 42.3 Å². The van der Waals surface area contributed by atoms with Gasteiger partial charge in [0.15, 0.2) is 0 Å². The fourth-order valence-corrected chi connectivity index (χ4v) is 2.33. The van der Waals surface area contributed by atoms with Crippen molar-refractivity contribution in [3.63, 3.8) is 0 Å². The van der Waals surface area contributed by atoms with Gasteiger partial charge in [-0.25, -0.2) is 4.79 Å². The molecule has 1 aliphatic heterocycles. The summed E-state index contributed by atoms with van der Waals surface area (Å²) in [5.41, 5.74) is 0.946. The highest BCUT2D eigenvalue weighted by Crippen LogP contribution is 2.18. The van der Waals surface area contributed by atoms with E-state index >= 15 is 0 Å². The van der Waals surface area contributed by atoms with Gasteiger partial charge >= 0.3 is 6.03 Å². The smallest absolute Gasteiger partial charge is 0.314 e. The first-order valence-electron chi connectivity index (χ1n) is 6.38. The molecule has 1 atom stereocenters. The predicted molar refractivity (Wildman–Crippen MR) is 67.0 cm³/mol. The van der Waals surface area contributed by atoms with E-state index in [2.05, 4.69) is 20.7 Å². The maximum atomic E-state index is 11.2. The van der Waals surface area contributed by atoms with Crippen LogP contribution in [0.1, 0.15) is 25.0 Å². The molecule has 2 heterocycles. The summed E-state index contributed by atoms with van der Waals surface area (Å²) in [5.74, 6) is 0. The first kappa shape index (κ1) is 12.9. The molecule has 1 unspecified atom stereocenters. The van der Waals surface area contributed by atoms with Crippen molar-refractivity contribution in [1.29, 1.82) is 0 Å². The summed E-state index contributed by atoms with van der Waals surface area (Å²) in [6, 6.07) is 2.15. The van der Waals surface area contributed by atoms with Gasteiger partial charge in [-0.05, 0) is 19.4 Å². The number of urea groups is 1. The number of rotatable bonds is 4. The van der Waals surface area contributed by atoms with Gasteiger partial charge in [0.1, 0.15) is 6.26 Å². The highest BCUT2D eigenvalue weighted by molar-refractivity contribution is 5.73. The quantitative estimate of drug-likeness (QED) is 0.837. The molecule has 1 aromatic rings. The molecule has 1 fully saturated rings. The van der Waals surface area contributed by atoms with Crippen LogP contribution < -0.4 is 10.6 Å². The summed E-state index contributed by atoms with van der Waals surface area (Å²) < 4.78 is 4.85. The molecule has 1 aliphatic rings. The zero-order chi connectivity index (χ0) is 12.8. The van der Waals surface area contributed by atoms with E-state index in [9.17, 15) is 4.79 Å². The molecule has 2 amide bonds. The molecule has 6 nitrogen and oxygen atoms in total. The van der Waals surface area contributed by atoms with Crippen molar-refractivity contribution in [3.05, 3.63) is 18.0 Å². The molecule has 2 N–H and O–H groups in total. The number of hydrogen-bond donors (Lipinski definition) is 2. The first-order valence-corrected chi connectivity index (χ1v) is 6.38. The van der Waals surface area contributed by atoms with Gasteiger partial charge in [-0.3, -0.25) is 4.90 Å². The number of carbonyl (C=O) groups excluding carboxylic acids is 1. The summed E-state index contributed by atoms with van der Waals surface area (Å²) >= 11 is 0. The third-order valence-electron chi connectivity index (χ3n) is 3.33. The first-order chi connectivity index (χ1) is 8.79. The second kappa shape index (κ2) is 6.39. The molecule has 18 heavy (non-hydrogen) atoms. The SMILES string of the molecule is CNC(=O)NCC1CCCCN1Cc1ccon1. The van der Waals surface area contributed by atoms with E-state index in [1.54, 1.807) is 13.3 Å². The Balaban J connectivity index is 1.87. The summed E-state index contributed by atoms with van der Waals surface area (Å²) in [5, 5.41) is 9.38. The number of aromatic nitrogens is 1. The van der Waals surface area contributed by atoms with Crippen LogP contribution in [0.25, 0.3) is 0 Å². The van der Waals surface area contributed by atoms with Gasteiger partial charge in [0.05, 0.1) is 5.69 Å². The fourth-order valence-electron chi connectivity index (χ4n) is 2.33. The van der Waals surface area contributed by atoms with Gasteiger partial charge in [0.2, 0.25) is 0 Å². The number of carbonyl (C=O) groups is 1. The Morgan fingerprint density at radius 1 is 1.61 bits per heavy atom. The van der Waals surface area contributed by atoms with E-state index in [1.807, 2.05) is 6.07 Å². The van der Waals surface area contributed by atoms with Crippen LogP contribution in [0.3, 0.4) is 0 Å². The zero-order valence-corrected chi connectivity index (χ0v) is 10.7. The molecule has 2 rings (SSSR count). The number of nitrogens with one attached hydrogen (secondary N) is 2. The van der Waals surface area contributed by atoms with Gasteiger partial charge in [-0.15, -0.1) is 0 Å². The van der Waals surface area contributed by atoms with E-state index in [0.717, 1.165) is 25.2 Å². The number of amides is 2. The van der Waals surface area contributed by atoms with Crippen molar-refractivity contribution in [3.8, 4) is 0 Å². The van der Waals surface area contributed by atoms with Gasteiger partial charge in [-0.2, -0.15) is 0 Å². The zero-order valence-electron chi connectivity index (χ0n) is 10.7. The molecule has 6 heteroatoms. The van der Waals surface area contributed by atoms with E-state index < -0.39 is 0 Å². The van der Waals surface area contributed by atoms with E-state index in [4.69, 9.17) is 4.52 Å². The standard InChI is InChI=1S/C12H20N4O2/c1-13-12(17)14-8-11-4-2-3-6-16(11)9-10-5-7-18-15-10/h5,7,11H,2-4,6,8-9H2,1H3,(H2,13,14,17). The Hall–Kier alpha value is -1.56. The lowest BCUT2D eigenvalue weighted by Crippen LogP contribution is -2.47. The molecule has 0 aliphatic carbocycles. The Bertz CT molecular complexity index is 366. The number of piperidine rings is 1. The molecule has 100 valence electrons. The maximum Gasteiger partial charge on any atom is 0.314 e. The second-order valence-electron chi connectivity index (χ2n) is 4.57. The van der Waals surface area contributed by atoms with E-state index in [1.165, 1.54) is 12.8 Å². The van der Waals surface area contributed by atoms with Crippen molar-refractivity contribution in [2.45, 2.75) is 31.8 Å². The Morgan fingerprint density at radius 3 is 3.22 bits per heavy atom. The normalized spacial score (nSPS) is 20.6. The molecule has 0 aromatic carbocycles. The summed E-state index contributed by atoms with van der Waals surface area (Å²) in [4.78, 5) is 13.6. The lowest BCUT2D eigenvalue weighted by atomic mass is 10.0. The third kappa shape index (κ3) is 3.46. The minimum atomic E-state index is -0.123. The van der Waals surface area contributed by atoms with E-state index in [0.29, 0.717) is 12.6 Å². The highest BCUT2D eigenvalue weighted by Gasteiger charge is 2.23. The minimum absolute atomic E-state index is 0.123. The number of hydrogen-bond acceptors (Lipinski definition) is 4. The Labute approximate surface area is 107 Å². The van der Waals surface area contributed by atoms with Gasteiger partial charge in [0, 0.05) is 32.2 Å². The monoisotopic (exact) mass is 252 g/mol. The highest BCUT2D eigenvalue weighted by atomic mass is 16.5. The maximum absolute atomic E-state index is 11.2. The van der Waals surface area contributed by atoms with Crippen molar-refractivity contribution in [1.82, 2.24) is 20.7 Å². The fraction of sp³-hybridized carbons (Fsp3) is 0.667. The van der Waals surface area contributed by atoms with Gasteiger partial charge < -0.3 is 15.2 Å². The van der Waals surface area contributed by atoms with Crippen LogP contribution in [0.4, 0.5) is 4.79 Å². The van der Waals surface area contributed by atoms with Crippen molar-refractivity contribution >= 4 is 6.03 Å². The molecule has 0 saturated carbocycles. The Morgan fingerprint density at radius 2 is 2.50 bits per heavy atom. The number of likely N-dealkylation sites (tertiary alicyclic amines) is 1. The molecular weight excluding hydrogens is 232 g/mol.